The maximum absolute atomic E-state index is 11.2. The summed E-state index contributed by atoms with van der Waals surface area (Å²) in [7, 11) is 2.02. The third-order valence-electron chi connectivity index (χ3n) is 3.34. The van der Waals surface area contributed by atoms with Crippen LogP contribution in [0, 0.1) is 0 Å². The van der Waals surface area contributed by atoms with Crippen molar-refractivity contribution in [3.63, 3.8) is 0 Å². The van der Waals surface area contributed by atoms with Crippen LogP contribution in [0.3, 0.4) is 0 Å². The lowest BCUT2D eigenvalue weighted by molar-refractivity contribution is 0.00558. The van der Waals surface area contributed by atoms with Gasteiger partial charge in [-0.2, -0.15) is 0 Å². The van der Waals surface area contributed by atoms with Gasteiger partial charge in [0, 0.05) is 35.1 Å². The highest BCUT2D eigenvalue weighted by atomic mass is 16.5. The minimum Gasteiger partial charge on any atom is -0.380 e. The average molecular weight is 215 g/mol. The predicted molar refractivity (Wildman–Crippen MR) is 61.9 cm³/mol. The predicted octanol–water partition coefficient (Wildman–Crippen LogP) is 2.10. The highest BCUT2D eigenvalue weighted by molar-refractivity contribution is 5.99. The lowest BCUT2D eigenvalue weighted by Gasteiger charge is -2.27. The van der Waals surface area contributed by atoms with Crippen molar-refractivity contribution in [2.45, 2.75) is 5.92 Å². The molecule has 0 saturated carbocycles. The Hall–Kier alpha value is -1.61. The highest BCUT2D eigenvalue weighted by Crippen LogP contribution is 2.32. The number of benzene rings is 1. The average Bonchev–Trinajstić information content (AvgIpc) is 2.51. The van der Waals surface area contributed by atoms with Crippen LogP contribution in [0.4, 0.5) is 0 Å². The minimum absolute atomic E-state index is 0.373. The van der Waals surface area contributed by atoms with Crippen LogP contribution in [0.1, 0.15) is 22.0 Å². The molecule has 1 aliphatic heterocycles. The van der Waals surface area contributed by atoms with Gasteiger partial charge in [-0.3, -0.25) is 4.79 Å². The lowest BCUT2D eigenvalue weighted by atomic mass is 9.99. The van der Waals surface area contributed by atoms with Crippen molar-refractivity contribution in [1.29, 1.82) is 0 Å². The van der Waals surface area contributed by atoms with Crippen molar-refractivity contribution >= 4 is 17.2 Å². The molecule has 1 aliphatic rings. The molecule has 0 aliphatic carbocycles. The number of aryl methyl sites for hydroxylation is 1. The fourth-order valence-electron chi connectivity index (χ4n) is 2.45. The number of ether oxygens (including phenoxy) is 1. The van der Waals surface area contributed by atoms with Gasteiger partial charge in [-0.05, 0) is 6.07 Å². The summed E-state index contributed by atoms with van der Waals surface area (Å²) in [4.78, 5) is 11.2. The van der Waals surface area contributed by atoms with Gasteiger partial charge in [0.05, 0.1) is 13.2 Å². The van der Waals surface area contributed by atoms with Crippen LogP contribution in [0.2, 0.25) is 0 Å². The van der Waals surface area contributed by atoms with Crippen molar-refractivity contribution < 1.29 is 9.53 Å². The highest BCUT2D eigenvalue weighted by Gasteiger charge is 2.27. The summed E-state index contributed by atoms with van der Waals surface area (Å²) in [6.07, 6.45) is 0.968. The second-order valence-electron chi connectivity index (χ2n) is 4.23. The first kappa shape index (κ1) is 9.60. The lowest BCUT2D eigenvalue weighted by Crippen LogP contribution is -2.27. The molecule has 1 aromatic heterocycles. The van der Waals surface area contributed by atoms with E-state index >= 15 is 0 Å². The maximum Gasteiger partial charge on any atom is 0.152 e. The SMILES string of the molecule is Cn1c(C2COC2)c(C=O)c2ccccc21. The van der Waals surface area contributed by atoms with Crippen LogP contribution in [-0.4, -0.2) is 24.1 Å². The number of aldehydes is 1. The number of nitrogens with zero attached hydrogens (tertiary/aromatic N) is 1. The minimum atomic E-state index is 0.373. The summed E-state index contributed by atoms with van der Waals surface area (Å²) in [6, 6.07) is 8.02. The number of aromatic nitrogens is 1. The molecule has 3 nitrogen and oxygen atoms in total. The Morgan fingerprint density at radius 1 is 1.38 bits per heavy atom. The molecule has 3 heteroatoms. The smallest absolute Gasteiger partial charge is 0.152 e. The monoisotopic (exact) mass is 215 g/mol. The van der Waals surface area contributed by atoms with E-state index in [0.29, 0.717) is 5.92 Å². The molecule has 0 atom stereocenters. The van der Waals surface area contributed by atoms with Gasteiger partial charge in [-0.15, -0.1) is 0 Å². The van der Waals surface area contributed by atoms with E-state index in [1.807, 2.05) is 31.3 Å². The number of rotatable bonds is 2. The fraction of sp³-hybridized carbons (Fsp3) is 0.308. The van der Waals surface area contributed by atoms with Crippen LogP contribution in [0.5, 0.6) is 0 Å². The standard InChI is InChI=1S/C13H13NO2/c1-14-12-5-3-2-4-10(12)11(6-15)13(14)9-7-16-8-9/h2-6,9H,7-8H2,1H3. The number of fused-ring (bicyclic) bond motifs is 1. The first-order valence-electron chi connectivity index (χ1n) is 5.43. The second-order valence-corrected chi connectivity index (χ2v) is 4.23. The Kier molecular flexibility index (Phi) is 2.07. The first-order valence-corrected chi connectivity index (χ1v) is 5.43. The fourth-order valence-corrected chi connectivity index (χ4v) is 2.45. The normalized spacial score (nSPS) is 16.3. The molecule has 2 aromatic rings. The van der Waals surface area contributed by atoms with Crippen molar-refractivity contribution in [3.05, 3.63) is 35.5 Å². The summed E-state index contributed by atoms with van der Waals surface area (Å²) in [6.45, 7) is 1.45. The zero-order valence-corrected chi connectivity index (χ0v) is 9.14. The molecule has 0 radical (unpaired) electrons. The molecule has 1 fully saturated rings. The maximum atomic E-state index is 11.2. The van der Waals surface area contributed by atoms with Gasteiger partial charge in [0.25, 0.3) is 0 Å². The molecule has 82 valence electrons. The van der Waals surface area contributed by atoms with Gasteiger partial charge >= 0.3 is 0 Å². The Bertz CT molecular complexity index is 552. The summed E-state index contributed by atoms with van der Waals surface area (Å²) in [5, 5.41) is 1.04. The molecule has 1 aromatic carbocycles. The van der Waals surface area contributed by atoms with E-state index in [1.54, 1.807) is 0 Å². The summed E-state index contributed by atoms with van der Waals surface area (Å²) in [5.74, 6) is 0.373. The van der Waals surface area contributed by atoms with E-state index in [9.17, 15) is 4.79 Å². The third kappa shape index (κ3) is 1.15. The van der Waals surface area contributed by atoms with Gasteiger partial charge in [0.2, 0.25) is 0 Å². The van der Waals surface area contributed by atoms with Gasteiger partial charge < -0.3 is 9.30 Å². The molecular weight excluding hydrogens is 202 g/mol. The van der Waals surface area contributed by atoms with Crippen LogP contribution in [-0.2, 0) is 11.8 Å². The molecule has 0 amide bonds. The van der Waals surface area contributed by atoms with Gasteiger partial charge in [-0.1, -0.05) is 18.2 Å². The van der Waals surface area contributed by atoms with Gasteiger partial charge in [0.15, 0.2) is 6.29 Å². The number of carbonyl (C=O) groups is 1. The summed E-state index contributed by atoms with van der Waals surface area (Å²) in [5.41, 5.74) is 3.06. The van der Waals surface area contributed by atoms with Crippen LogP contribution in [0.25, 0.3) is 10.9 Å². The number of hydrogen-bond donors (Lipinski definition) is 0. The van der Waals surface area contributed by atoms with Crippen LogP contribution < -0.4 is 0 Å². The van der Waals surface area contributed by atoms with E-state index in [0.717, 1.165) is 41.7 Å². The molecule has 16 heavy (non-hydrogen) atoms. The molecular formula is C13H13NO2. The number of para-hydroxylation sites is 1. The van der Waals surface area contributed by atoms with E-state index in [2.05, 4.69) is 4.57 Å². The van der Waals surface area contributed by atoms with E-state index in [-0.39, 0.29) is 0 Å². The van der Waals surface area contributed by atoms with E-state index in [1.165, 1.54) is 0 Å². The number of hydrogen-bond acceptors (Lipinski definition) is 2. The zero-order valence-electron chi connectivity index (χ0n) is 9.14. The first-order chi connectivity index (χ1) is 7.83. The third-order valence-corrected chi connectivity index (χ3v) is 3.34. The Balaban J connectivity index is 2.32. The second kappa shape index (κ2) is 3.46. The molecule has 0 unspecified atom stereocenters. The Morgan fingerprint density at radius 3 is 2.75 bits per heavy atom. The van der Waals surface area contributed by atoms with Gasteiger partial charge in [-0.25, -0.2) is 0 Å². The zero-order chi connectivity index (χ0) is 11.1. The van der Waals surface area contributed by atoms with E-state index < -0.39 is 0 Å². The number of carbonyl (C=O) groups excluding carboxylic acids is 1. The van der Waals surface area contributed by atoms with Crippen LogP contribution in [0.15, 0.2) is 24.3 Å². The quantitative estimate of drug-likeness (QED) is 0.718. The van der Waals surface area contributed by atoms with Gasteiger partial charge in [0.1, 0.15) is 0 Å². The van der Waals surface area contributed by atoms with Crippen molar-refractivity contribution in [1.82, 2.24) is 4.57 Å². The van der Waals surface area contributed by atoms with Crippen molar-refractivity contribution in [2.24, 2.45) is 7.05 Å². The molecule has 3 rings (SSSR count). The Labute approximate surface area is 93.6 Å². The van der Waals surface area contributed by atoms with Crippen molar-refractivity contribution in [2.75, 3.05) is 13.2 Å². The Morgan fingerprint density at radius 2 is 2.12 bits per heavy atom. The largest absolute Gasteiger partial charge is 0.380 e. The molecule has 0 bridgehead atoms. The topological polar surface area (TPSA) is 31.2 Å². The van der Waals surface area contributed by atoms with Crippen LogP contribution >= 0.6 is 0 Å². The van der Waals surface area contributed by atoms with Crippen molar-refractivity contribution in [3.8, 4) is 0 Å². The van der Waals surface area contributed by atoms with E-state index in [4.69, 9.17) is 4.74 Å². The summed E-state index contributed by atoms with van der Waals surface area (Å²) >= 11 is 0. The molecule has 1 saturated heterocycles. The summed E-state index contributed by atoms with van der Waals surface area (Å²) < 4.78 is 7.33. The molecule has 0 spiro atoms. The molecule has 0 N–H and O–H groups in total. The molecule has 2 heterocycles.